The molecule has 0 radical (unpaired) electrons. The van der Waals surface area contributed by atoms with Crippen LogP contribution in [0.25, 0.3) is 0 Å². The van der Waals surface area contributed by atoms with Crippen molar-refractivity contribution in [3.63, 3.8) is 0 Å². The second-order valence-electron chi connectivity index (χ2n) is 4.05. The van der Waals surface area contributed by atoms with E-state index in [2.05, 4.69) is 4.74 Å². The molecule has 118 valence electrons. The van der Waals surface area contributed by atoms with Gasteiger partial charge in [0.05, 0.1) is 5.69 Å². The van der Waals surface area contributed by atoms with E-state index >= 15 is 0 Å². The van der Waals surface area contributed by atoms with Crippen molar-refractivity contribution in [3.05, 3.63) is 54.1 Å². The van der Waals surface area contributed by atoms with Gasteiger partial charge in [0.15, 0.2) is 0 Å². The van der Waals surface area contributed by atoms with Gasteiger partial charge in [0.1, 0.15) is 22.3 Å². The quantitative estimate of drug-likeness (QED) is 0.853. The van der Waals surface area contributed by atoms with E-state index in [1.807, 2.05) is 4.72 Å². The second kappa shape index (κ2) is 6.22. The lowest BCUT2D eigenvalue weighted by molar-refractivity contribution is -0.0493. The molecule has 0 spiro atoms. The van der Waals surface area contributed by atoms with Gasteiger partial charge in [0.25, 0.3) is 10.0 Å². The fourth-order valence-electron chi connectivity index (χ4n) is 1.63. The van der Waals surface area contributed by atoms with Gasteiger partial charge in [-0.1, -0.05) is 12.1 Å². The predicted octanol–water partition coefficient (Wildman–Crippen LogP) is 3.37. The summed E-state index contributed by atoms with van der Waals surface area (Å²) in [4.78, 5) is -0.945. The van der Waals surface area contributed by atoms with Gasteiger partial charge in [-0.3, -0.25) is 4.72 Å². The monoisotopic (exact) mass is 335 g/mol. The minimum atomic E-state index is -4.51. The van der Waals surface area contributed by atoms with Crippen LogP contribution in [0.1, 0.15) is 0 Å². The first-order valence-electron chi connectivity index (χ1n) is 5.81. The highest BCUT2D eigenvalue weighted by atomic mass is 32.2. The topological polar surface area (TPSA) is 55.4 Å². The van der Waals surface area contributed by atoms with E-state index < -0.39 is 38.9 Å². The molecule has 0 aliphatic heterocycles. The van der Waals surface area contributed by atoms with Gasteiger partial charge in [-0.2, -0.15) is 8.78 Å². The molecule has 2 aromatic carbocycles. The summed E-state index contributed by atoms with van der Waals surface area (Å²) < 4.78 is 81.3. The van der Waals surface area contributed by atoms with E-state index in [1.165, 1.54) is 12.1 Å². The van der Waals surface area contributed by atoms with Crippen LogP contribution < -0.4 is 9.46 Å². The van der Waals surface area contributed by atoms with Crippen LogP contribution in [0, 0.1) is 11.6 Å². The predicted molar refractivity (Wildman–Crippen MR) is 70.2 cm³/mol. The fraction of sp³-hybridized carbons (Fsp3) is 0.0769. The van der Waals surface area contributed by atoms with Gasteiger partial charge in [0.2, 0.25) is 0 Å². The zero-order valence-electron chi connectivity index (χ0n) is 10.8. The highest BCUT2D eigenvalue weighted by Gasteiger charge is 2.22. The molecule has 4 nitrogen and oxygen atoms in total. The maximum atomic E-state index is 13.5. The molecule has 0 saturated heterocycles. The Labute approximate surface area is 123 Å². The summed E-state index contributed by atoms with van der Waals surface area (Å²) in [5.74, 6) is -2.59. The van der Waals surface area contributed by atoms with Crippen molar-refractivity contribution in [1.29, 1.82) is 0 Å². The molecule has 0 heterocycles. The molecule has 0 amide bonds. The molecule has 2 rings (SSSR count). The number of rotatable bonds is 5. The fourth-order valence-corrected chi connectivity index (χ4v) is 2.79. The molecule has 0 aromatic heterocycles. The molecule has 0 unspecified atom stereocenters. The first-order valence-corrected chi connectivity index (χ1v) is 7.29. The number of alkyl halides is 2. The molecule has 0 bridgehead atoms. The summed E-state index contributed by atoms with van der Waals surface area (Å²) >= 11 is 0. The average Bonchev–Trinajstić information content (AvgIpc) is 2.43. The zero-order chi connectivity index (χ0) is 16.3. The van der Waals surface area contributed by atoms with Crippen LogP contribution >= 0.6 is 0 Å². The van der Waals surface area contributed by atoms with E-state index in [4.69, 9.17) is 0 Å². The summed E-state index contributed by atoms with van der Waals surface area (Å²) in [6.45, 7) is -3.17. The smallest absolute Gasteiger partial charge is 0.387 e. The lowest BCUT2D eigenvalue weighted by atomic mass is 10.3. The standard InChI is InChI=1S/C13H9F4NO3S/c14-8-5-6-9(15)12(7-8)22(19,20)18-10-3-1-2-4-11(10)21-13(16)17/h1-7,13,18H. The number of halogens is 4. The first kappa shape index (κ1) is 16.1. The minimum absolute atomic E-state index is 0.327. The molecule has 0 aliphatic rings. The molecule has 0 aliphatic carbocycles. The number of sulfonamides is 1. The number of benzene rings is 2. The van der Waals surface area contributed by atoms with E-state index in [9.17, 15) is 26.0 Å². The third-order valence-corrected chi connectivity index (χ3v) is 3.91. The summed E-state index contributed by atoms with van der Waals surface area (Å²) in [6, 6.07) is 6.83. The Morgan fingerprint density at radius 1 is 1.05 bits per heavy atom. The lowest BCUT2D eigenvalue weighted by Gasteiger charge is -2.13. The Kier molecular flexibility index (Phi) is 4.55. The molecular weight excluding hydrogens is 326 g/mol. The van der Waals surface area contributed by atoms with E-state index in [1.54, 1.807) is 0 Å². The summed E-state index contributed by atoms with van der Waals surface area (Å²) in [7, 11) is -4.51. The van der Waals surface area contributed by atoms with Gasteiger partial charge in [-0.05, 0) is 30.3 Å². The summed E-state index contributed by atoms with van der Waals surface area (Å²) in [6.07, 6.45) is 0. The molecule has 22 heavy (non-hydrogen) atoms. The molecule has 0 fully saturated rings. The number of ether oxygens (including phenoxy) is 1. The van der Waals surface area contributed by atoms with Crippen molar-refractivity contribution < 1.29 is 30.7 Å². The van der Waals surface area contributed by atoms with Crippen molar-refractivity contribution in [2.75, 3.05) is 4.72 Å². The van der Waals surface area contributed by atoms with Crippen LogP contribution in [0.5, 0.6) is 5.75 Å². The largest absolute Gasteiger partial charge is 0.433 e. The van der Waals surface area contributed by atoms with Gasteiger partial charge >= 0.3 is 6.61 Å². The minimum Gasteiger partial charge on any atom is -0.433 e. The Morgan fingerprint density at radius 2 is 1.73 bits per heavy atom. The van der Waals surface area contributed by atoms with Crippen molar-refractivity contribution in [2.24, 2.45) is 0 Å². The van der Waals surface area contributed by atoms with Gasteiger partial charge in [-0.25, -0.2) is 17.2 Å². The summed E-state index contributed by atoms with van der Waals surface area (Å²) in [5, 5.41) is 0. The van der Waals surface area contributed by atoms with E-state index in [0.29, 0.717) is 12.1 Å². The van der Waals surface area contributed by atoms with E-state index in [0.717, 1.165) is 18.2 Å². The van der Waals surface area contributed by atoms with Crippen LogP contribution in [-0.4, -0.2) is 15.0 Å². The maximum Gasteiger partial charge on any atom is 0.387 e. The van der Waals surface area contributed by atoms with Crippen molar-refractivity contribution in [1.82, 2.24) is 0 Å². The van der Waals surface area contributed by atoms with Crippen molar-refractivity contribution in [2.45, 2.75) is 11.5 Å². The normalized spacial score (nSPS) is 11.5. The van der Waals surface area contributed by atoms with Crippen LogP contribution in [-0.2, 0) is 10.0 Å². The molecule has 0 atom stereocenters. The third-order valence-electron chi connectivity index (χ3n) is 2.53. The van der Waals surface area contributed by atoms with Crippen LogP contribution in [0.15, 0.2) is 47.4 Å². The van der Waals surface area contributed by atoms with Crippen LogP contribution in [0.2, 0.25) is 0 Å². The van der Waals surface area contributed by atoms with Crippen LogP contribution in [0.3, 0.4) is 0 Å². The van der Waals surface area contributed by atoms with Crippen molar-refractivity contribution in [3.8, 4) is 5.75 Å². The third kappa shape index (κ3) is 3.67. The number of nitrogens with one attached hydrogen (secondary N) is 1. The Hall–Kier alpha value is -2.29. The molecule has 1 N–H and O–H groups in total. The molecule has 0 saturated carbocycles. The lowest BCUT2D eigenvalue weighted by Crippen LogP contribution is -2.16. The zero-order valence-corrected chi connectivity index (χ0v) is 11.6. The Bertz CT molecular complexity index is 781. The van der Waals surface area contributed by atoms with Crippen LogP contribution in [0.4, 0.5) is 23.2 Å². The highest BCUT2D eigenvalue weighted by molar-refractivity contribution is 7.92. The highest BCUT2D eigenvalue weighted by Crippen LogP contribution is 2.28. The van der Waals surface area contributed by atoms with Crippen molar-refractivity contribution >= 4 is 15.7 Å². The Morgan fingerprint density at radius 3 is 2.41 bits per heavy atom. The summed E-state index contributed by atoms with van der Waals surface area (Å²) in [5.41, 5.74) is -0.327. The molecule has 2 aromatic rings. The van der Waals surface area contributed by atoms with Gasteiger partial charge in [-0.15, -0.1) is 0 Å². The SMILES string of the molecule is O=S(=O)(Nc1ccccc1OC(F)F)c1cc(F)ccc1F. The maximum absolute atomic E-state index is 13.5. The number of para-hydroxylation sites is 2. The number of hydrogen-bond donors (Lipinski definition) is 1. The molecule has 9 heteroatoms. The number of hydrogen-bond acceptors (Lipinski definition) is 3. The Balaban J connectivity index is 2.39. The van der Waals surface area contributed by atoms with Gasteiger partial charge < -0.3 is 4.74 Å². The average molecular weight is 335 g/mol. The van der Waals surface area contributed by atoms with Gasteiger partial charge in [0, 0.05) is 0 Å². The second-order valence-corrected chi connectivity index (χ2v) is 5.71. The first-order chi connectivity index (χ1) is 10.3. The van der Waals surface area contributed by atoms with E-state index in [-0.39, 0.29) is 5.69 Å². The number of anilines is 1. The molecular formula is C13H9F4NO3S.